The molecule has 94 valence electrons. The van der Waals surface area contributed by atoms with Crippen LogP contribution in [0.1, 0.15) is 24.5 Å². The van der Waals surface area contributed by atoms with Crippen molar-refractivity contribution in [3.63, 3.8) is 0 Å². The predicted molar refractivity (Wildman–Crippen MR) is 69.1 cm³/mol. The van der Waals surface area contributed by atoms with E-state index in [1.165, 1.54) is 5.69 Å². The molecule has 17 heavy (non-hydrogen) atoms. The molecule has 1 saturated heterocycles. The van der Waals surface area contributed by atoms with Crippen LogP contribution in [0.4, 0.5) is 5.69 Å². The van der Waals surface area contributed by atoms with Crippen LogP contribution in [0.25, 0.3) is 0 Å². The van der Waals surface area contributed by atoms with Crippen LogP contribution in [0.2, 0.25) is 0 Å². The number of aliphatic hydroxyl groups excluding tert-OH is 2. The molecule has 0 amide bonds. The quantitative estimate of drug-likeness (QED) is 0.838. The van der Waals surface area contributed by atoms with Crippen LogP contribution in [-0.2, 0) is 6.61 Å². The highest BCUT2D eigenvalue weighted by atomic mass is 16.3. The first-order valence-corrected chi connectivity index (χ1v) is 6.25. The van der Waals surface area contributed by atoms with Gasteiger partial charge in [-0.15, -0.1) is 0 Å². The van der Waals surface area contributed by atoms with Gasteiger partial charge >= 0.3 is 0 Å². The molecule has 2 N–H and O–H groups in total. The minimum atomic E-state index is -0.224. The monoisotopic (exact) mass is 235 g/mol. The number of aliphatic hydroxyl groups is 2. The molecule has 0 spiro atoms. The summed E-state index contributed by atoms with van der Waals surface area (Å²) >= 11 is 0. The van der Waals surface area contributed by atoms with Crippen molar-refractivity contribution in [1.29, 1.82) is 0 Å². The van der Waals surface area contributed by atoms with Crippen molar-refractivity contribution in [3.8, 4) is 0 Å². The Hall–Kier alpha value is -1.06. The minimum absolute atomic E-state index is 0.0996. The van der Waals surface area contributed by atoms with Crippen LogP contribution < -0.4 is 4.90 Å². The van der Waals surface area contributed by atoms with Gasteiger partial charge in [0.1, 0.15) is 0 Å². The Morgan fingerprint density at radius 1 is 1.47 bits per heavy atom. The summed E-state index contributed by atoms with van der Waals surface area (Å²) < 4.78 is 0. The van der Waals surface area contributed by atoms with Crippen LogP contribution >= 0.6 is 0 Å². The highest BCUT2D eigenvalue weighted by molar-refractivity contribution is 5.51. The Bertz CT molecular complexity index is 390. The van der Waals surface area contributed by atoms with Gasteiger partial charge in [0.05, 0.1) is 12.7 Å². The van der Waals surface area contributed by atoms with Gasteiger partial charge in [-0.2, -0.15) is 0 Å². The highest BCUT2D eigenvalue weighted by Gasteiger charge is 2.26. The summed E-state index contributed by atoms with van der Waals surface area (Å²) in [5.41, 5.74) is 3.31. The summed E-state index contributed by atoms with van der Waals surface area (Å²) in [7, 11) is 0. The van der Waals surface area contributed by atoms with E-state index in [0.717, 1.165) is 30.6 Å². The maximum Gasteiger partial charge on any atom is 0.0684 e. The van der Waals surface area contributed by atoms with E-state index in [-0.39, 0.29) is 12.7 Å². The second kappa shape index (κ2) is 5.07. The third kappa shape index (κ3) is 2.61. The fraction of sp³-hybridized carbons (Fsp3) is 0.571. The summed E-state index contributed by atoms with van der Waals surface area (Å²) in [6.45, 7) is 5.93. The van der Waals surface area contributed by atoms with E-state index >= 15 is 0 Å². The molecule has 1 aromatic carbocycles. The Morgan fingerprint density at radius 2 is 2.24 bits per heavy atom. The zero-order valence-electron chi connectivity index (χ0n) is 10.6. The summed E-state index contributed by atoms with van der Waals surface area (Å²) in [4.78, 5) is 2.31. The molecule has 0 aromatic heterocycles. The molecule has 0 aliphatic carbocycles. The molecule has 0 radical (unpaired) electrons. The normalized spacial score (nSPS) is 21.9. The van der Waals surface area contributed by atoms with Crippen molar-refractivity contribution < 1.29 is 10.2 Å². The zero-order chi connectivity index (χ0) is 12.4. The molecule has 1 heterocycles. The van der Waals surface area contributed by atoms with Gasteiger partial charge in [-0.05, 0) is 43.5 Å². The molecular formula is C14H21NO2. The van der Waals surface area contributed by atoms with E-state index in [2.05, 4.69) is 17.0 Å². The number of aryl methyl sites for hydroxylation is 1. The largest absolute Gasteiger partial charge is 0.393 e. The molecule has 0 saturated carbocycles. The summed E-state index contributed by atoms with van der Waals surface area (Å²) in [6, 6.07) is 6.17. The molecule has 2 rings (SSSR count). The number of hydrogen-bond donors (Lipinski definition) is 2. The molecule has 1 aliphatic rings. The topological polar surface area (TPSA) is 43.7 Å². The molecule has 1 aliphatic heterocycles. The van der Waals surface area contributed by atoms with Crippen molar-refractivity contribution >= 4 is 5.69 Å². The van der Waals surface area contributed by atoms with E-state index in [4.69, 9.17) is 5.11 Å². The van der Waals surface area contributed by atoms with Crippen LogP contribution in [0, 0.1) is 12.8 Å². The molecule has 2 unspecified atom stereocenters. The SMILES string of the molecule is Cc1cc(N2CCC(C(C)O)C2)ccc1CO. The second-order valence-corrected chi connectivity index (χ2v) is 5.00. The van der Waals surface area contributed by atoms with Gasteiger partial charge in [0, 0.05) is 24.7 Å². The van der Waals surface area contributed by atoms with Gasteiger partial charge in [0.2, 0.25) is 0 Å². The number of rotatable bonds is 3. The number of nitrogens with zero attached hydrogens (tertiary/aromatic N) is 1. The predicted octanol–water partition coefficient (Wildman–Crippen LogP) is 1.69. The van der Waals surface area contributed by atoms with Crippen LogP contribution in [0.3, 0.4) is 0 Å². The van der Waals surface area contributed by atoms with E-state index in [1.54, 1.807) is 0 Å². The van der Waals surface area contributed by atoms with Gasteiger partial charge < -0.3 is 15.1 Å². The average Bonchev–Trinajstić information content (AvgIpc) is 2.78. The van der Waals surface area contributed by atoms with Crippen LogP contribution in [-0.4, -0.2) is 29.4 Å². The lowest BCUT2D eigenvalue weighted by Gasteiger charge is -2.20. The Kier molecular flexibility index (Phi) is 3.69. The van der Waals surface area contributed by atoms with Gasteiger partial charge in [-0.25, -0.2) is 0 Å². The molecule has 1 aromatic rings. The molecule has 3 nitrogen and oxygen atoms in total. The molecule has 0 bridgehead atoms. The maximum atomic E-state index is 9.59. The van der Waals surface area contributed by atoms with Crippen molar-refractivity contribution in [2.24, 2.45) is 5.92 Å². The van der Waals surface area contributed by atoms with Crippen molar-refractivity contribution in [3.05, 3.63) is 29.3 Å². The minimum Gasteiger partial charge on any atom is -0.393 e. The molecular weight excluding hydrogens is 214 g/mol. The molecule has 3 heteroatoms. The third-order valence-electron chi connectivity index (χ3n) is 3.77. The smallest absolute Gasteiger partial charge is 0.0684 e. The molecule has 2 atom stereocenters. The van der Waals surface area contributed by atoms with Crippen LogP contribution in [0.15, 0.2) is 18.2 Å². The second-order valence-electron chi connectivity index (χ2n) is 5.00. The Balaban J connectivity index is 2.11. The number of anilines is 1. The van der Waals surface area contributed by atoms with E-state index in [9.17, 15) is 5.11 Å². The van der Waals surface area contributed by atoms with Gasteiger partial charge in [-0.1, -0.05) is 6.07 Å². The van der Waals surface area contributed by atoms with E-state index in [1.807, 2.05) is 19.9 Å². The maximum absolute atomic E-state index is 9.59. The summed E-state index contributed by atoms with van der Waals surface area (Å²) in [5.74, 6) is 0.382. The summed E-state index contributed by atoms with van der Waals surface area (Å²) in [5, 5.41) is 18.7. The van der Waals surface area contributed by atoms with Gasteiger partial charge in [0.25, 0.3) is 0 Å². The van der Waals surface area contributed by atoms with Crippen molar-refractivity contribution in [1.82, 2.24) is 0 Å². The number of benzene rings is 1. The lowest BCUT2D eigenvalue weighted by Crippen LogP contribution is -2.23. The van der Waals surface area contributed by atoms with Gasteiger partial charge in [0.15, 0.2) is 0 Å². The van der Waals surface area contributed by atoms with E-state index < -0.39 is 0 Å². The summed E-state index contributed by atoms with van der Waals surface area (Å²) in [6.07, 6.45) is 0.830. The average molecular weight is 235 g/mol. The lowest BCUT2D eigenvalue weighted by atomic mass is 10.0. The highest BCUT2D eigenvalue weighted by Crippen LogP contribution is 2.27. The van der Waals surface area contributed by atoms with Crippen molar-refractivity contribution in [2.45, 2.75) is 33.0 Å². The lowest BCUT2D eigenvalue weighted by molar-refractivity contribution is 0.136. The first-order valence-electron chi connectivity index (χ1n) is 6.25. The Labute approximate surface area is 103 Å². The van der Waals surface area contributed by atoms with Gasteiger partial charge in [-0.3, -0.25) is 0 Å². The first kappa shape index (κ1) is 12.4. The molecule has 1 fully saturated rings. The van der Waals surface area contributed by atoms with Crippen molar-refractivity contribution in [2.75, 3.05) is 18.0 Å². The van der Waals surface area contributed by atoms with E-state index in [0.29, 0.717) is 5.92 Å². The number of hydrogen-bond acceptors (Lipinski definition) is 3. The first-order chi connectivity index (χ1) is 8.11. The Morgan fingerprint density at radius 3 is 2.76 bits per heavy atom. The van der Waals surface area contributed by atoms with Crippen LogP contribution in [0.5, 0.6) is 0 Å². The standard InChI is InChI=1S/C14H21NO2/c1-10-7-14(4-3-13(10)9-16)15-6-5-12(8-15)11(2)17/h3-4,7,11-12,16-17H,5-6,8-9H2,1-2H3. The fourth-order valence-electron chi connectivity index (χ4n) is 2.47. The fourth-order valence-corrected chi connectivity index (χ4v) is 2.47. The third-order valence-corrected chi connectivity index (χ3v) is 3.77. The zero-order valence-corrected chi connectivity index (χ0v) is 10.6.